The third-order valence-corrected chi connectivity index (χ3v) is 4.40. The van der Waals surface area contributed by atoms with Crippen LogP contribution in [0.2, 0.25) is 0 Å². The number of nitrogens with one attached hydrogen (secondary N) is 1. The van der Waals surface area contributed by atoms with Crippen LogP contribution in [0.3, 0.4) is 0 Å². The van der Waals surface area contributed by atoms with E-state index in [1.54, 1.807) is 6.07 Å². The molecule has 1 aromatic carbocycles. The fourth-order valence-electron chi connectivity index (χ4n) is 3.16. The molecule has 3 rings (SSSR count). The summed E-state index contributed by atoms with van der Waals surface area (Å²) in [6.45, 7) is 7.29. The van der Waals surface area contributed by atoms with Crippen LogP contribution in [0, 0.1) is 5.82 Å². The Kier molecular flexibility index (Phi) is 4.51. The summed E-state index contributed by atoms with van der Waals surface area (Å²) < 4.78 is 20.1. The summed E-state index contributed by atoms with van der Waals surface area (Å²) >= 11 is 0. The van der Waals surface area contributed by atoms with Gasteiger partial charge in [-0.1, -0.05) is 0 Å². The van der Waals surface area contributed by atoms with E-state index in [0.29, 0.717) is 25.4 Å². The van der Waals surface area contributed by atoms with Gasteiger partial charge in [-0.2, -0.15) is 0 Å². The number of fused-ring (bicyclic) bond motifs is 1. The van der Waals surface area contributed by atoms with E-state index in [1.165, 1.54) is 11.0 Å². The number of anilines is 2. The monoisotopic (exact) mass is 338 g/mol. The lowest BCUT2D eigenvalue weighted by Crippen LogP contribution is -2.41. The Morgan fingerprint density at radius 2 is 2.17 bits per heavy atom. The Labute approximate surface area is 140 Å². The molecule has 2 heterocycles. The number of aliphatic hydroxyl groups is 1. The number of nitrogens with zero attached hydrogens (tertiary/aromatic N) is 3. The van der Waals surface area contributed by atoms with Gasteiger partial charge >= 0.3 is 6.03 Å². The van der Waals surface area contributed by atoms with Crippen LogP contribution in [0.5, 0.6) is 5.75 Å². The molecular formula is C16H23FN4O3. The molecule has 0 aliphatic carbocycles. The van der Waals surface area contributed by atoms with Crippen molar-refractivity contribution in [3.8, 4) is 5.75 Å². The van der Waals surface area contributed by atoms with Crippen molar-refractivity contribution in [3.05, 3.63) is 17.9 Å². The Balaban J connectivity index is 2.00. The smallest absolute Gasteiger partial charge is 0.340 e. The van der Waals surface area contributed by atoms with Crippen LogP contribution in [-0.4, -0.2) is 54.5 Å². The molecule has 8 heteroatoms. The molecule has 24 heavy (non-hydrogen) atoms. The van der Waals surface area contributed by atoms with Gasteiger partial charge in [0.2, 0.25) is 0 Å². The van der Waals surface area contributed by atoms with Gasteiger partial charge in [0.05, 0.1) is 18.8 Å². The molecule has 2 aliphatic rings. The normalized spacial score (nSPS) is 20.7. The van der Waals surface area contributed by atoms with Gasteiger partial charge in [0.1, 0.15) is 24.2 Å². The number of hydrogen-bond donors (Lipinski definition) is 2. The first-order valence-electron chi connectivity index (χ1n) is 8.18. The summed E-state index contributed by atoms with van der Waals surface area (Å²) in [6, 6.07) is 2.78. The Hall–Kier alpha value is -2.06. The summed E-state index contributed by atoms with van der Waals surface area (Å²) in [7, 11) is 0. The quantitative estimate of drug-likeness (QED) is 0.871. The van der Waals surface area contributed by atoms with E-state index in [4.69, 9.17) is 4.74 Å². The first kappa shape index (κ1) is 16.8. The molecule has 0 radical (unpaired) electrons. The number of carbonyl (C=O) groups excluding carboxylic acids is 1. The van der Waals surface area contributed by atoms with Crippen LogP contribution in [-0.2, 0) is 0 Å². The van der Waals surface area contributed by atoms with E-state index in [1.807, 2.05) is 6.92 Å². The number of ether oxygens (including phenoxy) is 1. The lowest BCUT2D eigenvalue weighted by molar-refractivity contribution is 0.156. The third kappa shape index (κ3) is 2.65. The second-order valence-corrected chi connectivity index (χ2v) is 6.14. The average molecular weight is 338 g/mol. The van der Waals surface area contributed by atoms with E-state index in [0.717, 1.165) is 10.7 Å². The number of rotatable bonds is 4. The SMILES string of the molecule is CCN1C(=O)N(c2cc3c(cc2F)OCCN3C(C)C)NC1CO. The van der Waals surface area contributed by atoms with Gasteiger partial charge in [-0.3, -0.25) is 0 Å². The molecule has 1 fully saturated rings. The molecule has 1 saturated heterocycles. The standard InChI is InChI=1S/C16H23FN4O3/c1-4-19-15(9-22)18-21(16(19)23)12-8-13-14(7-11(12)17)24-6-5-20(13)10(2)3/h7-8,10,15,18,22H,4-6,9H2,1-3H3. The molecule has 0 spiro atoms. The van der Waals surface area contributed by atoms with Crippen LogP contribution in [0.1, 0.15) is 20.8 Å². The van der Waals surface area contributed by atoms with Gasteiger partial charge in [0.25, 0.3) is 0 Å². The van der Waals surface area contributed by atoms with Crippen LogP contribution >= 0.6 is 0 Å². The zero-order valence-corrected chi connectivity index (χ0v) is 14.1. The highest BCUT2D eigenvalue weighted by Crippen LogP contribution is 2.38. The molecule has 2 aliphatic heterocycles. The minimum atomic E-state index is -0.560. The minimum absolute atomic E-state index is 0.129. The number of aliphatic hydroxyl groups excluding tert-OH is 1. The molecule has 132 valence electrons. The van der Waals surface area contributed by atoms with Crippen molar-refractivity contribution >= 4 is 17.4 Å². The molecule has 2 amide bonds. The van der Waals surface area contributed by atoms with E-state index >= 15 is 0 Å². The molecule has 7 nitrogen and oxygen atoms in total. The number of amides is 2. The fourth-order valence-corrected chi connectivity index (χ4v) is 3.16. The summed E-state index contributed by atoms with van der Waals surface area (Å²) in [4.78, 5) is 16.1. The molecule has 0 bridgehead atoms. The van der Waals surface area contributed by atoms with Gasteiger partial charge in [0.15, 0.2) is 5.82 Å². The first-order valence-corrected chi connectivity index (χ1v) is 8.18. The summed E-state index contributed by atoms with van der Waals surface area (Å²) in [5.74, 6) is -0.0660. The van der Waals surface area contributed by atoms with E-state index < -0.39 is 12.0 Å². The zero-order valence-electron chi connectivity index (χ0n) is 14.1. The maximum Gasteiger partial charge on any atom is 0.340 e. The maximum absolute atomic E-state index is 14.6. The Morgan fingerprint density at radius 3 is 2.75 bits per heavy atom. The largest absolute Gasteiger partial charge is 0.489 e. The van der Waals surface area contributed by atoms with Crippen LogP contribution in [0.4, 0.5) is 20.6 Å². The van der Waals surface area contributed by atoms with Gasteiger partial charge in [-0.25, -0.2) is 19.6 Å². The molecule has 1 atom stereocenters. The number of benzene rings is 1. The second-order valence-electron chi connectivity index (χ2n) is 6.14. The molecule has 1 unspecified atom stereocenters. The molecule has 0 saturated carbocycles. The van der Waals surface area contributed by atoms with Crippen LogP contribution in [0.15, 0.2) is 12.1 Å². The highest BCUT2D eigenvalue weighted by Gasteiger charge is 2.38. The number of carbonyl (C=O) groups is 1. The van der Waals surface area contributed by atoms with Crippen molar-refractivity contribution < 1.29 is 19.0 Å². The van der Waals surface area contributed by atoms with Gasteiger partial charge in [0, 0.05) is 18.7 Å². The topological polar surface area (TPSA) is 68.3 Å². The Bertz CT molecular complexity index is 640. The predicted molar refractivity (Wildman–Crippen MR) is 88.6 cm³/mol. The van der Waals surface area contributed by atoms with Crippen LogP contribution in [0.25, 0.3) is 0 Å². The molecular weight excluding hydrogens is 315 g/mol. The van der Waals surface area contributed by atoms with Crippen molar-refractivity contribution in [1.29, 1.82) is 0 Å². The predicted octanol–water partition coefficient (Wildman–Crippen LogP) is 1.52. The lowest BCUT2D eigenvalue weighted by Gasteiger charge is -2.35. The highest BCUT2D eigenvalue weighted by atomic mass is 19.1. The summed E-state index contributed by atoms with van der Waals surface area (Å²) in [5.41, 5.74) is 3.75. The molecule has 1 aromatic rings. The van der Waals surface area contributed by atoms with Gasteiger partial charge in [-0.05, 0) is 26.8 Å². The molecule has 2 N–H and O–H groups in total. The van der Waals surface area contributed by atoms with Gasteiger partial charge in [-0.15, -0.1) is 0 Å². The van der Waals surface area contributed by atoms with Crippen molar-refractivity contribution in [2.24, 2.45) is 0 Å². The number of halogens is 1. The fraction of sp³-hybridized carbons (Fsp3) is 0.562. The van der Waals surface area contributed by atoms with Crippen molar-refractivity contribution in [1.82, 2.24) is 10.3 Å². The van der Waals surface area contributed by atoms with Crippen molar-refractivity contribution in [3.63, 3.8) is 0 Å². The summed E-state index contributed by atoms with van der Waals surface area (Å²) in [5, 5.41) is 10.6. The van der Waals surface area contributed by atoms with Gasteiger partial charge < -0.3 is 19.6 Å². The molecule has 0 aromatic heterocycles. The third-order valence-electron chi connectivity index (χ3n) is 4.40. The first-order chi connectivity index (χ1) is 11.5. The van der Waals surface area contributed by atoms with Crippen molar-refractivity contribution in [2.75, 3.05) is 36.2 Å². The van der Waals surface area contributed by atoms with Crippen molar-refractivity contribution in [2.45, 2.75) is 33.0 Å². The number of hydrazine groups is 1. The lowest BCUT2D eigenvalue weighted by atomic mass is 10.1. The second kappa shape index (κ2) is 6.45. The Morgan fingerprint density at radius 1 is 1.42 bits per heavy atom. The zero-order chi connectivity index (χ0) is 17.4. The number of urea groups is 1. The number of hydrogen-bond acceptors (Lipinski definition) is 5. The van der Waals surface area contributed by atoms with E-state index in [-0.39, 0.29) is 24.4 Å². The summed E-state index contributed by atoms with van der Waals surface area (Å²) in [6.07, 6.45) is -0.560. The maximum atomic E-state index is 14.6. The van der Waals surface area contributed by atoms with Crippen LogP contribution < -0.4 is 20.1 Å². The average Bonchev–Trinajstić information content (AvgIpc) is 2.89. The highest BCUT2D eigenvalue weighted by molar-refractivity contribution is 5.94. The van der Waals surface area contributed by atoms with E-state index in [9.17, 15) is 14.3 Å². The number of likely N-dealkylation sites (N-methyl/N-ethyl adjacent to an activating group) is 1. The van der Waals surface area contributed by atoms with E-state index in [2.05, 4.69) is 24.2 Å². The minimum Gasteiger partial charge on any atom is -0.489 e.